The Bertz CT molecular complexity index is 1060. The summed E-state index contributed by atoms with van der Waals surface area (Å²) in [6.45, 7) is 11.0. The van der Waals surface area contributed by atoms with Gasteiger partial charge in [-0.25, -0.2) is 0 Å². The molecule has 3 aromatic rings. The molecule has 9 heteroatoms. The molecule has 31 heavy (non-hydrogen) atoms. The number of rotatable bonds is 9. The van der Waals surface area contributed by atoms with Crippen LogP contribution in [0.2, 0.25) is 5.02 Å². The maximum atomic E-state index is 12.7. The molecular formula is C22H28ClN5O3. The Labute approximate surface area is 187 Å². The first-order valence-corrected chi connectivity index (χ1v) is 10.6. The Kier molecular flexibility index (Phi) is 7.22. The lowest BCUT2D eigenvalue weighted by Gasteiger charge is -2.13. The number of aryl methyl sites for hydroxylation is 1. The zero-order valence-electron chi connectivity index (χ0n) is 18.5. The summed E-state index contributed by atoms with van der Waals surface area (Å²) in [5.74, 6) is 1.24. The zero-order valence-corrected chi connectivity index (χ0v) is 19.2. The van der Waals surface area contributed by atoms with Crippen LogP contribution in [0, 0.1) is 13.8 Å². The minimum absolute atomic E-state index is 0.193. The lowest BCUT2D eigenvalue weighted by Crippen LogP contribution is -2.25. The van der Waals surface area contributed by atoms with E-state index >= 15 is 0 Å². The summed E-state index contributed by atoms with van der Waals surface area (Å²) in [5, 5.41) is 12.2. The van der Waals surface area contributed by atoms with Crippen molar-refractivity contribution in [3.05, 3.63) is 52.6 Å². The highest BCUT2D eigenvalue weighted by molar-refractivity contribution is 6.31. The molecular weight excluding hydrogens is 418 g/mol. The monoisotopic (exact) mass is 445 g/mol. The number of carbonyl (C=O) groups excluding carboxylic acids is 1. The molecule has 0 saturated heterocycles. The van der Waals surface area contributed by atoms with E-state index in [-0.39, 0.29) is 5.91 Å². The number of aromatic nitrogens is 4. The molecule has 0 bridgehead atoms. The average molecular weight is 446 g/mol. The van der Waals surface area contributed by atoms with Gasteiger partial charge in [0.2, 0.25) is 5.91 Å². The molecule has 1 amide bonds. The van der Waals surface area contributed by atoms with Gasteiger partial charge >= 0.3 is 0 Å². The highest BCUT2D eigenvalue weighted by atomic mass is 35.5. The number of amides is 1. The highest BCUT2D eigenvalue weighted by Gasteiger charge is 2.21. The van der Waals surface area contributed by atoms with Crippen molar-refractivity contribution in [3.8, 4) is 11.5 Å². The van der Waals surface area contributed by atoms with Gasteiger partial charge < -0.3 is 14.8 Å². The molecule has 0 aliphatic rings. The minimum Gasteiger partial charge on any atom is -0.490 e. The van der Waals surface area contributed by atoms with Crippen molar-refractivity contribution < 1.29 is 14.3 Å². The Morgan fingerprint density at radius 3 is 2.55 bits per heavy atom. The van der Waals surface area contributed by atoms with Gasteiger partial charge in [0.15, 0.2) is 11.5 Å². The van der Waals surface area contributed by atoms with Crippen LogP contribution in [0.25, 0.3) is 0 Å². The van der Waals surface area contributed by atoms with Crippen molar-refractivity contribution in [3.63, 3.8) is 0 Å². The average Bonchev–Trinajstić information content (AvgIpc) is 3.28. The number of nitrogens with zero attached hydrogens (tertiary/aromatic N) is 4. The predicted octanol–water partition coefficient (Wildman–Crippen LogP) is 4.40. The van der Waals surface area contributed by atoms with Gasteiger partial charge in [0.1, 0.15) is 6.04 Å². The number of carbonyl (C=O) groups is 1. The maximum Gasteiger partial charge on any atom is 0.249 e. The van der Waals surface area contributed by atoms with Crippen LogP contribution in [0.4, 0.5) is 5.69 Å². The van der Waals surface area contributed by atoms with Crippen LogP contribution >= 0.6 is 11.6 Å². The molecule has 166 valence electrons. The number of nitrogens with one attached hydrogen (secondary N) is 1. The van der Waals surface area contributed by atoms with Gasteiger partial charge in [-0.1, -0.05) is 17.7 Å². The van der Waals surface area contributed by atoms with Gasteiger partial charge in [-0.15, -0.1) is 0 Å². The zero-order chi connectivity index (χ0) is 22.5. The van der Waals surface area contributed by atoms with E-state index in [0.717, 1.165) is 17.0 Å². The minimum atomic E-state index is -0.505. The number of ether oxygens (including phenoxy) is 2. The van der Waals surface area contributed by atoms with Gasteiger partial charge in [0.25, 0.3) is 0 Å². The Morgan fingerprint density at radius 2 is 1.90 bits per heavy atom. The van der Waals surface area contributed by atoms with Crippen LogP contribution < -0.4 is 14.8 Å². The summed E-state index contributed by atoms with van der Waals surface area (Å²) < 4.78 is 14.7. The van der Waals surface area contributed by atoms with Gasteiger partial charge in [-0.3, -0.25) is 14.2 Å². The lowest BCUT2D eigenvalue weighted by atomic mass is 10.2. The molecule has 8 nitrogen and oxygen atoms in total. The molecule has 0 saturated carbocycles. The number of benzene rings is 1. The van der Waals surface area contributed by atoms with Crippen molar-refractivity contribution in [1.82, 2.24) is 19.6 Å². The standard InChI is InChI=1S/C22H28ClN5O3/c1-6-30-19-9-8-17(10-20(19)31-7-2)12-27-13-18(11-24-27)25-22(29)16(5)28-15(4)21(23)14(3)26-28/h8-11,13,16H,6-7,12H2,1-5H3,(H,25,29). The van der Waals surface area contributed by atoms with Gasteiger partial charge in [-0.05, 0) is 52.3 Å². The molecule has 2 heterocycles. The van der Waals surface area contributed by atoms with E-state index in [0.29, 0.717) is 41.9 Å². The molecule has 1 atom stereocenters. The van der Waals surface area contributed by atoms with E-state index < -0.39 is 6.04 Å². The van der Waals surface area contributed by atoms with Gasteiger partial charge in [0.05, 0.1) is 48.1 Å². The SMILES string of the molecule is CCOc1ccc(Cn2cc(NC(=O)C(C)n3nc(C)c(Cl)c3C)cn2)cc1OCC. The second kappa shape index (κ2) is 9.87. The highest BCUT2D eigenvalue weighted by Crippen LogP contribution is 2.29. The first kappa shape index (κ1) is 22.7. The third kappa shape index (κ3) is 5.19. The Balaban J connectivity index is 1.68. The first-order valence-electron chi connectivity index (χ1n) is 10.3. The Morgan fingerprint density at radius 1 is 1.19 bits per heavy atom. The molecule has 1 aromatic carbocycles. The van der Waals surface area contributed by atoms with E-state index in [9.17, 15) is 4.79 Å². The van der Waals surface area contributed by atoms with Crippen LogP contribution in [0.3, 0.4) is 0 Å². The quantitative estimate of drug-likeness (QED) is 0.528. The van der Waals surface area contributed by atoms with E-state index in [1.165, 1.54) is 0 Å². The van der Waals surface area contributed by atoms with Crippen LogP contribution in [-0.4, -0.2) is 38.7 Å². The Hall–Kier alpha value is -3.00. The number of halogens is 1. The molecule has 0 fully saturated rings. The summed E-state index contributed by atoms with van der Waals surface area (Å²) >= 11 is 6.20. The summed E-state index contributed by atoms with van der Waals surface area (Å²) in [7, 11) is 0. The van der Waals surface area contributed by atoms with Crippen molar-refractivity contribution in [1.29, 1.82) is 0 Å². The van der Waals surface area contributed by atoms with Crippen LogP contribution in [0.5, 0.6) is 11.5 Å². The van der Waals surface area contributed by atoms with Crippen LogP contribution in [-0.2, 0) is 11.3 Å². The van der Waals surface area contributed by atoms with Crippen molar-refractivity contribution in [2.45, 2.75) is 47.2 Å². The van der Waals surface area contributed by atoms with Gasteiger partial charge in [0, 0.05) is 6.20 Å². The normalized spacial score (nSPS) is 11.9. The van der Waals surface area contributed by atoms with E-state index in [4.69, 9.17) is 21.1 Å². The van der Waals surface area contributed by atoms with Gasteiger partial charge in [-0.2, -0.15) is 10.2 Å². The second-order valence-corrected chi connectivity index (χ2v) is 7.55. The predicted molar refractivity (Wildman–Crippen MR) is 120 cm³/mol. The summed E-state index contributed by atoms with van der Waals surface area (Å²) in [6.07, 6.45) is 3.41. The second-order valence-electron chi connectivity index (χ2n) is 7.17. The largest absolute Gasteiger partial charge is 0.490 e. The topological polar surface area (TPSA) is 83.2 Å². The summed E-state index contributed by atoms with van der Waals surface area (Å²) in [4.78, 5) is 12.7. The van der Waals surface area contributed by atoms with E-state index in [1.807, 2.05) is 45.9 Å². The molecule has 0 aliphatic carbocycles. The maximum absolute atomic E-state index is 12.7. The molecule has 0 radical (unpaired) electrons. The fraction of sp³-hybridized carbons (Fsp3) is 0.409. The molecule has 3 rings (SSSR count). The number of anilines is 1. The molecule has 1 unspecified atom stereocenters. The fourth-order valence-electron chi connectivity index (χ4n) is 3.27. The number of hydrogen-bond donors (Lipinski definition) is 1. The lowest BCUT2D eigenvalue weighted by molar-refractivity contribution is -0.119. The van der Waals surface area contributed by atoms with Crippen molar-refractivity contribution in [2.75, 3.05) is 18.5 Å². The van der Waals surface area contributed by atoms with Crippen molar-refractivity contribution in [2.24, 2.45) is 0 Å². The first-order chi connectivity index (χ1) is 14.8. The molecule has 2 aromatic heterocycles. The molecule has 1 N–H and O–H groups in total. The summed E-state index contributed by atoms with van der Waals surface area (Å²) in [5.41, 5.74) is 3.09. The third-order valence-electron chi connectivity index (χ3n) is 4.84. The van der Waals surface area contributed by atoms with Crippen molar-refractivity contribution >= 4 is 23.2 Å². The third-order valence-corrected chi connectivity index (χ3v) is 5.38. The number of hydrogen-bond acceptors (Lipinski definition) is 5. The smallest absolute Gasteiger partial charge is 0.249 e. The molecule has 0 spiro atoms. The van der Waals surface area contributed by atoms with E-state index in [2.05, 4.69) is 15.5 Å². The van der Waals surface area contributed by atoms with E-state index in [1.54, 1.807) is 28.7 Å². The van der Waals surface area contributed by atoms with Crippen LogP contribution in [0.15, 0.2) is 30.6 Å². The summed E-state index contributed by atoms with van der Waals surface area (Å²) in [6, 6.07) is 5.32. The van der Waals surface area contributed by atoms with Crippen LogP contribution in [0.1, 0.15) is 43.8 Å². The fourth-order valence-corrected chi connectivity index (χ4v) is 3.40. The molecule has 0 aliphatic heterocycles.